The summed E-state index contributed by atoms with van der Waals surface area (Å²) in [5.41, 5.74) is 2.55. The zero-order valence-corrected chi connectivity index (χ0v) is 19.7. The molecule has 0 aliphatic carbocycles. The van der Waals surface area contributed by atoms with Crippen LogP contribution in [0.25, 0.3) is 0 Å². The zero-order valence-electron chi connectivity index (χ0n) is 17.3. The van der Waals surface area contributed by atoms with Gasteiger partial charge in [0.15, 0.2) is 5.11 Å². The SMILES string of the molecule is O=C(C[C@H]1C(=O)N(c2ccccc2)C(=S)N1CCc1ccccc1)Nc1ccc(Br)cc1. The van der Waals surface area contributed by atoms with Crippen LogP contribution in [0.4, 0.5) is 11.4 Å². The third-order valence-electron chi connectivity index (χ3n) is 5.32. The molecule has 1 saturated heterocycles. The molecule has 1 atom stereocenters. The second kappa shape index (κ2) is 10.1. The van der Waals surface area contributed by atoms with Gasteiger partial charge in [0.1, 0.15) is 6.04 Å². The zero-order chi connectivity index (χ0) is 22.5. The quantitative estimate of drug-likeness (QED) is 0.456. The van der Waals surface area contributed by atoms with E-state index in [0.29, 0.717) is 23.0 Å². The molecule has 1 N–H and O–H groups in total. The molecule has 32 heavy (non-hydrogen) atoms. The molecule has 0 unspecified atom stereocenters. The fraction of sp³-hybridized carbons (Fsp3) is 0.160. The van der Waals surface area contributed by atoms with Crippen LogP contribution in [0.2, 0.25) is 0 Å². The van der Waals surface area contributed by atoms with Gasteiger partial charge in [-0.15, -0.1) is 0 Å². The molecule has 0 spiro atoms. The number of carbonyl (C=O) groups excluding carboxylic acids is 2. The summed E-state index contributed by atoms with van der Waals surface area (Å²) in [7, 11) is 0. The molecule has 2 amide bonds. The third-order valence-corrected chi connectivity index (χ3v) is 6.27. The summed E-state index contributed by atoms with van der Waals surface area (Å²) in [5, 5.41) is 3.31. The van der Waals surface area contributed by atoms with E-state index in [1.807, 2.05) is 89.8 Å². The van der Waals surface area contributed by atoms with E-state index in [4.69, 9.17) is 12.2 Å². The molecule has 0 radical (unpaired) electrons. The Bertz CT molecular complexity index is 1110. The van der Waals surface area contributed by atoms with Crippen LogP contribution in [0.15, 0.2) is 89.4 Å². The number of hydrogen-bond acceptors (Lipinski definition) is 3. The van der Waals surface area contributed by atoms with Crippen molar-refractivity contribution in [3.8, 4) is 0 Å². The smallest absolute Gasteiger partial charge is 0.256 e. The first-order valence-corrected chi connectivity index (χ1v) is 11.5. The van der Waals surface area contributed by atoms with Crippen LogP contribution in [-0.2, 0) is 16.0 Å². The predicted octanol–water partition coefficient (Wildman–Crippen LogP) is 5.02. The molecular formula is C25H22BrN3O2S. The summed E-state index contributed by atoms with van der Waals surface area (Å²) in [6.07, 6.45) is 0.745. The average Bonchev–Trinajstić information content (AvgIpc) is 3.04. The van der Waals surface area contributed by atoms with Gasteiger partial charge in [-0.25, -0.2) is 0 Å². The fourth-order valence-corrected chi connectivity index (χ4v) is 4.40. The standard InChI is InChI=1S/C25H22BrN3O2S/c26-19-11-13-20(14-12-19)27-23(30)17-22-24(31)29(21-9-5-2-6-10-21)25(32)28(22)16-15-18-7-3-1-4-8-18/h1-14,22H,15-17H2,(H,27,30)/t22-/m0/s1. The van der Waals surface area contributed by atoms with Crippen molar-refractivity contribution < 1.29 is 9.59 Å². The number of hydrogen-bond donors (Lipinski definition) is 1. The Hall–Kier alpha value is -3.03. The summed E-state index contributed by atoms with van der Waals surface area (Å²) in [5.74, 6) is -0.409. The molecule has 1 aliphatic rings. The van der Waals surface area contributed by atoms with Gasteiger partial charge in [0.2, 0.25) is 5.91 Å². The van der Waals surface area contributed by atoms with Crippen LogP contribution in [0, 0.1) is 0 Å². The molecular weight excluding hydrogens is 486 g/mol. The number of thiocarbonyl (C=S) groups is 1. The minimum Gasteiger partial charge on any atom is -0.336 e. The maximum Gasteiger partial charge on any atom is 0.256 e. The summed E-state index contributed by atoms with van der Waals surface area (Å²) in [6.45, 7) is 0.550. The number of carbonyl (C=O) groups is 2. The Kier molecular flexibility index (Phi) is 6.97. The molecule has 4 rings (SSSR count). The molecule has 0 bridgehead atoms. The summed E-state index contributed by atoms with van der Waals surface area (Å²) in [4.78, 5) is 29.6. The van der Waals surface area contributed by atoms with Gasteiger partial charge in [-0.05, 0) is 60.6 Å². The number of halogens is 1. The van der Waals surface area contributed by atoms with Crippen LogP contribution >= 0.6 is 28.1 Å². The van der Waals surface area contributed by atoms with Crippen LogP contribution in [-0.4, -0.2) is 34.4 Å². The van der Waals surface area contributed by atoms with E-state index in [0.717, 1.165) is 16.5 Å². The Labute approximate surface area is 201 Å². The Morgan fingerprint density at radius 1 is 0.938 bits per heavy atom. The van der Waals surface area contributed by atoms with E-state index in [1.165, 1.54) is 4.90 Å². The van der Waals surface area contributed by atoms with Crippen molar-refractivity contribution in [1.82, 2.24) is 4.90 Å². The Balaban J connectivity index is 1.54. The maximum atomic E-state index is 13.4. The van der Waals surface area contributed by atoms with Crippen molar-refractivity contribution in [2.75, 3.05) is 16.8 Å². The van der Waals surface area contributed by atoms with Crippen molar-refractivity contribution in [2.45, 2.75) is 18.9 Å². The van der Waals surface area contributed by atoms with E-state index >= 15 is 0 Å². The van der Waals surface area contributed by atoms with Gasteiger partial charge < -0.3 is 10.2 Å². The Morgan fingerprint density at radius 3 is 2.22 bits per heavy atom. The molecule has 0 saturated carbocycles. The number of rotatable bonds is 7. The van der Waals surface area contributed by atoms with Gasteiger partial charge in [0, 0.05) is 16.7 Å². The lowest BCUT2D eigenvalue weighted by Crippen LogP contribution is -2.39. The van der Waals surface area contributed by atoms with Gasteiger partial charge in [0.05, 0.1) is 12.1 Å². The Morgan fingerprint density at radius 2 is 1.56 bits per heavy atom. The maximum absolute atomic E-state index is 13.4. The minimum atomic E-state index is -0.651. The largest absolute Gasteiger partial charge is 0.336 e. The number of nitrogens with one attached hydrogen (secondary N) is 1. The first-order chi connectivity index (χ1) is 15.5. The van der Waals surface area contributed by atoms with Gasteiger partial charge in [0.25, 0.3) is 5.91 Å². The third kappa shape index (κ3) is 5.06. The normalized spacial score (nSPS) is 15.8. The van der Waals surface area contributed by atoms with Gasteiger partial charge in [-0.3, -0.25) is 14.5 Å². The van der Waals surface area contributed by atoms with Crippen molar-refractivity contribution in [1.29, 1.82) is 0 Å². The van der Waals surface area contributed by atoms with Crippen molar-refractivity contribution in [3.05, 3.63) is 95.0 Å². The van der Waals surface area contributed by atoms with E-state index in [2.05, 4.69) is 21.2 Å². The fourth-order valence-electron chi connectivity index (χ4n) is 3.72. The molecule has 7 heteroatoms. The minimum absolute atomic E-state index is 0.0210. The van der Waals surface area contributed by atoms with E-state index in [9.17, 15) is 9.59 Å². The van der Waals surface area contributed by atoms with Crippen LogP contribution in [0.5, 0.6) is 0 Å². The van der Waals surface area contributed by atoms with Gasteiger partial charge in [-0.1, -0.05) is 64.5 Å². The molecule has 1 fully saturated rings. The monoisotopic (exact) mass is 507 g/mol. The molecule has 3 aromatic carbocycles. The highest BCUT2D eigenvalue weighted by Crippen LogP contribution is 2.27. The predicted molar refractivity (Wildman–Crippen MR) is 135 cm³/mol. The highest BCUT2D eigenvalue weighted by atomic mass is 79.9. The molecule has 0 aromatic heterocycles. The number of para-hydroxylation sites is 1. The summed E-state index contributed by atoms with van der Waals surface area (Å²) < 4.78 is 0.928. The highest BCUT2D eigenvalue weighted by molar-refractivity contribution is 9.10. The molecule has 1 heterocycles. The number of anilines is 2. The summed E-state index contributed by atoms with van der Waals surface area (Å²) in [6, 6.07) is 26.1. The number of amides is 2. The van der Waals surface area contributed by atoms with E-state index in [-0.39, 0.29) is 18.2 Å². The van der Waals surface area contributed by atoms with Crippen molar-refractivity contribution in [2.24, 2.45) is 0 Å². The molecule has 1 aliphatic heterocycles. The van der Waals surface area contributed by atoms with Gasteiger partial charge in [-0.2, -0.15) is 0 Å². The lowest BCUT2D eigenvalue weighted by Gasteiger charge is -2.24. The van der Waals surface area contributed by atoms with Gasteiger partial charge >= 0.3 is 0 Å². The topological polar surface area (TPSA) is 52.7 Å². The lowest BCUT2D eigenvalue weighted by molar-refractivity contribution is -0.124. The van der Waals surface area contributed by atoms with Crippen LogP contribution in [0.1, 0.15) is 12.0 Å². The lowest BCUT2D eigenvalue weighted by atomic mass is 10.1. The van der Waals surface area contributed by atoms with E-state index in [1.54, 1.807) is 0 Å². The molecule has 3 aromatic rings. The van der Waals surface area contributed by atoms with Crippen molar-refractivity contribution in [3.63, 3.8) is 0 Å². The average molecular weight is 508 g/mol. The molecule has 5 nitrogen and oxygen atoms in total. The van der Waals surface area contributed by atoms with E-state index < -0.39 is 6.04 Å². The first-order valence-electron chi connectivity index (χ1n) is 10.3. The first kappa shape index (κ1) is 22.2. The van der Waals surface area contributed by atoms with Crippen LogP contribution < -0.4 is 10.2 Å². The molecule has 162 valence electrons. The highest BCUT2D eigenvalue weighted by Gasteiger charge is 2.43. The second-order valence-electron chi connectivity index (χ2n) is 7.50. The number of benzene rings is 3. The van der Waals surface area contributed by atoms with Crippen molar-refractivity contribution >= 4 is 56.4 Å². The summed E-state index contributed by atoms with van der Waals surface area (Å²) >= 11 is 9.09. The second-order valence-corrected chi connectivity index (χ2v) is 8.78. The number of nitrogens with zero attached hydrogens (tertiary/aromatic N) is 2. The van der Waals surface area contributed by atoms with Crippen LogP contribution in [0.3, 0.4) is 0 Å².